The van der Waals surface area contributed by atoms with Gasteiger partial charge in [-0.25, -0.2) is 0 Å². The minimum Gasteiger partial charge on any atom is -0.396 e. The third kappa shape index (κ3) is 1.92. The fraction of sp³-hybridized carbons (Fsp3) is 0.333. The molecule has 1 aromatic carbocycles. The van der Waals surface area contributed by atoms with Crippen molar-refractivity contribution in [3.05, 3.63) is 33.8 Å². The highest BCUT2D eigenvalue weighted by molar-refractivity contribution is 6.36. The van der Waals surface area contributed by atoms with Gasteiger partial charge in [-0.15, -0.1) is 0 Å². The first-order chi connectivity index (χ1) is 5.66. The number of hydrogen-bond acceptors (Lipinski definition) is 1. The summed E-state index contributed by atoms with van der Waals surface area (Å²) in [5, 5.41) is 10.1. The Balaban J connectivity index is 3.12. The molecule has 0 aliphatic heterocycles. The summed E-state index contributed by atoms with van der Waals surface area (Å²) in [6, 6.07) is 5.34. The maximum Gasteiger partial charge on any atom is 0.0498 e. The molecule has 0 saturated carbocycles. The van der Waals surface area contributed by atoms with Gasteiger partial charge in [-0.3, -0.25) is 0 Å². The van der Waals surface area contributed by atoms with Crippen molar-refractivity contribution in [3.63, 3.8) is 0 Å². The van der Waals surface area contributed by atoms with Crippen LogP contribution >= 0.6 is 23.2 Å². The number of aliphatic hydroxyl groups is 1. The predicted octanol–water partition coefficient (Wildman–Crippen LogP) is 3.09. The van der Waals surface area contributed by atoms with Gasteiger partial charge in [0, 0.05) is 22.6 Å². The number of benzene rings is 1. The van der Waals surface area contributed by atoms with Gasteiger partial charge in [0.15, 0.2) is 0 Å². The Labute approximate surface area is 81.9 Å². The van der Waals surface area contributed by atoms with Crippen LogP contribution in [0.1, 0.15) is 18.4 Å². The van der Waals surface area contributed by atoms with Crippen molar-refractivity contribution < 1.29 is 5.11 Å². The lowest BCUT2D eigenvalue weighted by Gasteiger charge is -2.11. The number of halogens is 2. The van der Waals surface area contributed by atoms with E-state index in [4.69, 9.17) is 28.3 Å². The summed E-state index contributed by atoms with van der Waals surface area (Å²) in [6.45, 7) is 1.94. The molecule has 0 heterocycles. The van der Waals surface area contributed by atoms with E-state index in [1.165, 1.54) is 0 Å². The third-order valence-corrected chi connectivity index (χ3v) is 2.43. The summed E-state index contributed by atoms with van der Waals surface area (Å²) >= 11 is 11.8. The van der Waals surface area contributed by atoms with Gasteiger partial charge < -0.3 is 5.11 Å². The minimum atomic E-state index is -0.00815. The van der Waals surface area contributed by atoms with Crippen LogP contribution in [0.25, 0.3) is 0 Å². The van der Waals surface area contributed by atoms with Crippen LogP contribution in [0.4, 0.5) is 0 Å². The first-order valence-corrected chi connectivity index (χ1v) is 4.47. The molecule has 1 atom stereocenters. The van der Waals surface area contributed by atoms with Crippen LogP contribution in [0.15, 0.2) is 18.2 Å². The van der Waals surface area contributed by atoms with Gasteiger partial charge in [-0.05, 0) is 17.7 Å². The third-order valence-electron chi connectivity index (χ3n) is 1.77. The Morgan fingerprint density at radius 2 is 1.83 bits per heavy atom. The number of hydrogen-bond donors (Lipinski definition) is 1. The molecule has 0 radical (unpaired) electrons. The lowest BCUT2D eigenvalue weighted by atomic mass is 10.0. The maximum absolute atomic E-state index is 8.92. The second-order valence-corrected chi connectivity index (χ2v) is 3.53. The van der Waals surface area contributed by atoms with E-state index in [2.05, 4.69) is 0 Å². The van der Waals surface area contributed by atoms with Gasteiger partial charge in [0.2, 0.25) is 0 Å². The Hall–Kier alpha value is -0.240. The Morgan fingerprint density at radius 3 is 2.25 bits per heavy atom. The Bertz CT molecular complexity index is 253. The molecule has 0 amide bonds. The topological polar surface area (TPSA) is 20.2 Å². The van der Waals surface area contributed by atoms with Crippen LogP contribution < -0.4 is 0 Å². The quantitative estimate of drug-likeness (QED) is 0.786. The average Bonchev–Trinajstić information content (AvgIpc) is 2.03. The summed E-state index contributed by atoms with van der Waals surface area (Å²) in [4.78, 5) is 0. The van der Waals surface area contributed by atoms with Crippen molar-refractivity contribution in [1.82, 2.24) is 0 Å². The van der Waals surface area contributed by atoms with Gasteiger partial charge in [-0.1, -0.05) is 36.2 Å². The number of aliphatic hydroxyl groups excluding tert-OH is 1. The van der Waals surface area contributed by atoms with E-state index in [1.807, 2.05) is 6.92 Å². The van der Waals surface area contributed by atoms with Crippen molar-refractivity contribution in [2.24, 2.45) is 0 Å². The first-order valence-electron chi connectivity index (χ1n) is 3.71. The van der Waals surface area contributed by atoms with Gasteiger partial charge >= 0.3 is 0 Å². The molecule has 1 unspecified atom stereocenters. The van der Waals surface area contributed by atoms with E-state index >= 15 is 0 Å². The van der Waals surface area contributed by atoms with E-state index in [9.17, 15) is 0 Å². The zero-order chi connectivity index (χ0) is 9.14. The molecule has 0 aliphatic carbocycles. The van der Waals surface area contributed by atoms with Crippen molar-refractivity contribution in [2.75, 3.05) is 6.61 Å². The highest BCUT2D eigenvalue weighted by Crippen LogP contribution is 2.30. The van der Waals surface area contributed by atoms with Crippen molar-refractivity contribution >= 4 is 23.2 Å². The SMILES string of the molecule is CC(CO)c1c(Cl)cccc1Cl. The molecule has 12 heavy (non-hydrogen) atoms. The fourth-order valence-electron chi connectivity index (χ4n) is 1.07. The molecule has 0 fully saturated rings. The average molecular weight is 205 g/mol. The molecule has 1 rings (SSSR count). The summed E-state index contributed by atoms with van der Waals surface area (Å²) in [5.41, 5.74) is 0.823. The lowest BCUT2D eigenvalue weighted by Crippen LogP contribution is -2.00. The molecule has 0 bridgehead atoms. The van der Waals surface area contributed by atoms with Gasteiger partial charge in [0.05, 0.1) is 0 Å². The van der Waals surface area contributed by atoms with E-state index < -0.39 is 0 Å². The van der Waals surface area contributed by atoms with Crippen molar-refractivity contribution in [3.8, 4) is 0 Å². The minimum absolute atomic E-state index is 0.00815. The smallest absolute Gasteiger partial charge is 0.0498 e. The summed E-state index contributed by atoms with van der Waals surface area (Å²) in [5.74, 6) is -0.00815. The van der Waals surface area contributed by atoms with Crippen LogP contribution in [0.2, 0.25) is 10.0 Å². The Kier molecular flexibility index (Phi) is 3.39. The molecular weight excluding hydrogens is 195 g/mol. The lowest BCUT2D eigenvalue weighted by molar-refractivity contribution is 0.273. The summed E-state index contributed by atoms with van der Waals surface area (Å²) in [7, 11) is 0. The molecule has 0 spiro atoms. The van der Waals surface area contributed by atoms with Crippen LogP contribution in [0.5, 0.6) is 0 Å². The van der Waals surface area contributed by atoms with E-state index in [0.717, 1.165) is 5.56 Å². The van der Waals surface area contributed by atoms with Gasteiger partial charge in [0.1, 0.15) is 0 Å². The summed E-state index contributed by atoms with van der Waals surface area (Å²) < 4.78 is 0. The largest absolute Gasteiger partial charge is 0.396 e. The van der Waals surface area contributed by atoms with Gasteiger partial charge in [0.25, 0.3) is 0 Å². The maximum atomic E-state index is 8.92. The highest BCUT2D eigenvalue weighted by atomic mass is 35.5. The molecular formula is C9H10Cl2O. The second-order valence-electron chi connectivity index (χ2n) is 2.72. The predicted molar refractivity (Wildman–Crippen MR) is 52.0 cm³/mol. The van der Waals surface area contributed by atoms with E-state index in [-0.39, 0.29) is 12.5 Å². The van der Waals surface area contributed by atoms with Crippen molar-refractivity contribution in [2.45, 2.75) is 12.8 Å². The van der Waals surface area contributed by atoms with Gasteiger partial charge in [-0.2, -0.15) is 0 Å². The first kappa shape index (κ1) is 9.85. The molecule has 0 aromatic heterocycles. The number of rotatable bonds is 2. The monoisotopic (exact) mass is 204 g/mol. The molecule has 66 valence electrons. The molecule has 0 saturated heterocycles. The molecule has 1 N–H and O–H groups in total. The van der Waals surface area contributed by atoms with Crippen LogP contribution in [0, 0.1) is 0 Å². The second kappa shape index (κ2) is 4.13. The highest BCUT2D eigenvalue weighted by Gasteiger charge is 2.11. The molecule has 0 aliphatic rings. The fourth-order valence-corrected chi connectivity index (χ4v) is 1.84. The molecule has 1 nitrogen and oxygen atoms in total. The van der Waals surface area contributed by atoms with Crippen molar-refractivity contribution in [1.29, 1.82) is 0 Å². The summed E-state index contributed by atoms with van der Waals surface area (Å²) in [6.07, 6.45) is 0. The zero-order valence-corrected chi connectivity index (χ0v) is 8.23. The zero-order valence-electron chi connectivity index (χ0n) is 6.72. The van der Waals surface area contributed by atoms with E-state index in [1.54, 1.807) is 18.2 Å². The van der Waals surface area contributed by atoms with E-state index in [0.29, 0.717) is 10.0 Å². The molecule has 3 heteroatoms. The normalized spacial score (nSPS) is 13.0. The standard InChI is InChI=1S/C9H10Cl2O/c1-6(5-12)9-7(10)3-2-4-8(9)11/h2-4,6,12H,5H2,1H3. The Morgan fingerprint density at radius 1 is 1.33 bits per heavy atom. The van der Waals surface area contributed by atoms with Crippen LogP contribution in [-0.4, -0.2) is 11.7 Å². The van der Waals surface area contributed by atoms with Crippen LogP contribution in [0.3, 0.4) is 0 Å². The molecule has 1 aromatic rings. The van der Waals surface area contributed by atoms with Crippen LogP contribution in [-0.2, 0) is 0 Å².